The molecule has 6 heteroatoms. The lowest BCUT2D eigenvalue weighted by Gasteiger charge is -2.63. The molecule has 4 fully saturated rings. The Balaban J connectivity index is 1.43. The van der Waals surface area contributed by atoms with E-state index in [-0.39, 0.29) is 47.1 Å². The minimum absolute atomic E-state index is 0.0103. The Morgan fingerprint density at radius 3 is 2.36 bits per heavy atom. The molecular formula is C30H54O5Si. The second-order valence-electron chi connectivity index (χ2n) is 15.1. The Morgan fingerprint density at radius 1 is 1.00 bits per heavy atom. The molecule has 0 aliphatic heterocycles. The fraction of sp³-hybridized carbons (Fsp3) is 0.967. The van der Waals surface area contributed by atoms with Gasteiger partial charge in [-0.1, -0.05) is 40.4 Å². The SMILES string of the molecule is CC(C[Si](C)(C)C)OC(=O)CCC(C)C1CCC2C3[C@H](O)CC4CC(O)CCC4(C)[C@H]3C[C@H](O)C12C. The number of hydrogen-bond donors (Lipinski definition) is 3. The van der Waals surface area contributed by atoms with Gasteiger partial charge in [-0.05, 0) is 111 Å². The molecule has 0 aromatic carbocycles. The zero-order valence-electron chi connectivity index (χ0n) is 24.0. The van der Waals surface area contributed by atoms with Crippen molar-refractivity contribution in [3.05, 3.63) is 0 Å². The Kier molecular flexibility index (Phi) is 8.15. The van der Waals surface area contributed by atoms with Crippen LogP contribution in [0, 0.1) is 46.3 Å². The second kappa shape index (κ2) is 10.3. The quantitative estimate of drug-likeness (QED) is 0.298. The highest BCUT2D eigenvalue weighted by molar-refractivity contribution is 6.76. The summed E-state index contributed by atoms with van der Waals surface area (Å²) < 4.78 is 5.74. The summed E-state index contributed by atoms with van der Waals surface area (Å²) in [4.78, 5) is 12.6. The maximum atomic E-state index is 12.6. The van der Waals surface area contributed by atoms with Crippen LogP contribution in [0.3, 0.4) is 0 Å². The number of esters is 1. The fourth-order valence-electron chi connectivity index (χ4n) is 9.87. The molecule has 12 atom stereocenters. The normalized spacial score (nSPS) is 46.3. The number of aliphatic hydroxyl groups is 3. The standard InChI is InChI=1S/C30H54O5Si/c1-18(8-11-27(34)35-19(2)17-36(5,6)7)22-9-10-23-28-24(16-26(33)30(22,23)4)29(3)13-12-21(31)14-20(29)15-25(28)32/h18-26,28,31-33H,8-17H2,1-7H3/t18?,19?,20?,21?,22?,23?,24-,25+,26-,28?,29?,30?/m0/s1. The van der Waals surface area contributed by atoms with Gasteiger partial charge >= 0.3 is 5.97 Å². The molecular weight excluding hydrogens is 468 g/mol. The van der Waals surface area contributed by atoms with Crippen molar-refractivity contribution in [1.82, 2.24) is 0 Å². The van der Waals surface area contributed by atoms with Crippen molar-refractivity contribution in [3.8, 4) is 0 Å². The highest BCUT2D eigenvalue weighted by Gasteiger charge is 2.65. The van der Waals surface area contributed by atoms with Gasteiger partial charge in [0.1, 0.15) is 0 Å². The summed E-state index contributed by atoms with van der Waals surface area (Å²) in [6.07, 6.45) is 6.58. The number of fused-ring (bicyclic) bond motifs is 5. The number of ether oxygens (including phenoxy) is 1. The molecule has 0 spiro atoms. The lowest BCUT2D eigenvalue weighted by molar-refractivity contribution is -0.207. The van der Waals surface area contributed by atoms with Crippen molar-refractivity contribution in [3.63, 3.8) is 0 Å². The molecule has 0 amide bonds. The molecule has 0 heterocycles. The van der Waals surface area contributed by atoms with Gasteiger partial charge in [0.05, 0.1) is 24.4 Å². The average Bonchev–Trinajstić information content (AvgIpc) is 3.11. The van der Waals surface area contributed by atoms with Crippen LogP contribution in [0.15, 0.2) is 0 Å². The lowest BCUT2D eigenvalue weighted by atomic mass is 9.43. The second-order valence-corrected chi connectivity index (χ2v) is 20.6. The van der Waals surface area contributed by atoms with Crippen molar-refractivity contribution in [1.29, 1.82) is 0 Å². The number of hydrogen-bond acceptors (Lipinski definition) is 5. The number of carbonyl (C=O) groups excluding carboxylic acids is 1. The van der Waals surface area contributed by atoms with E-state index in [1.54, 1.807) is 0 Å². The first-order valence-electron chi connectivity index (χ1n) is 14.9. The van der Waals surface area contributed by atoms with Crippen molar-refractivity contribution >= 4 is 14.0 Å². The number of carbonyl (C=O) groups is 1. The van der Waals surface area contributed by atoms with Crippen LogP contribution in [-0.2, 0) is 9.53 Å². The van der Waals surface area contributed by atoms with E-state index in [9.17, 15) is 20.1 Å². The maximum Gasteiger partial charge on any atom is 0.306 e. The average molecular weight is 523 g/mol. The molecule has 4 rings (SSSR count). The van der Waals surface area contributed by atoms with E-state index >= 15 is 0 Å². The largest absolute Gasteiger partial charge is 0.463 e. The van der Waals surface area contributed by atoms with Gasteiger partial charge in [-0.3, -0.25) is 4.79 Å². The molecule has 0 aromatic rings. The zero-order chi connectivity index (χ0) is 26.6. The first kappa shape index (κ1) is 28.6. The summed E-state index contributed by atoms with van der Waals surface area (Å²) in [5, 5.41) is 33.5. The molecule has 0 bridgehead atoms. The van der Waals surface area contributed by atoms with Crippen LogP contribution < -0.4 is 0 Å². The van der Waals surface area contributed by atoms with Crippen LogP contribution in [-0.4, -0.2) is 53.8 Å². The van der Waals surface area contributed by atoms with Crippen LogP contribution in [0.1, 0.15) is 85.5 Å². The minimum Gasteiger partial charge on any atom is -0.463 e. The van der Waals surface area contributed by atoms with E-state index < -0.39 is 8.07 Å². The van der Waals surface area contributed by atoms with E-state index in [0.717, 1.165) is 57.4 Å². The topological polar surface area (TPSA) is 87.0 Å². The lowest BCUT2D eigenvalue weighted by Crippen LogP contribution is -2.62. The maximum absolute atomic E-state index is 12.6. The molecule has 0 radical (unpaired) electrons. The van der Waals surface area contributed by atoms with Gasteiger partial charge in [-0.15, -0.1) is 0 Å². The fourth-order valence-corrected chi connectivity index (χ4v) is 11.7. The van der Waals surface area contributed by atoms with E-state index in [4.69, 9.17) is 4.74 Å². The van der Waals surface area contributed by atoms with Gasteiger partial charge in [0.15, 0.2) is 0 Å². The van der Waals surface area contributed by atoms with E-state index in [1.165, 1.54) is 0 Å². The van der Waals surface area contributed by atoms with Crippen molar-refractivity contribution in [2.75, 3.05) is 0 Å². The first-order valence-corrected chi connectivity index (χ1v) is 18.6. The van der Waals surface area contributed by atoms with Gasteiger partial charge < -0.3 is 20.1 Å². The van der Waals surface area contributed by atoms with Crippen LogP contribution in [0.25, 0.3) is 0 Å². The molecule has 5 nitrogen and oxygen atoms in total. The molecule has 3 N–H and O–H groups in total. The summed E-state index contributed by atoms with van der Waals surface area (Å²) in [6.45, 7) is 15.9. The van der Waals surface area contributed by atoms with Gasteiger partial charge in [0.25, 0.3) is 0 Å². The molecule has 208 valence electrons. The van der Waals surface area contributed by atoms with Crippen molar-refractivity contribution < 1.29 is 24.9 Å². The van der Waals surface area contributed by atoms with E-state index in [2.05, 4.69) is 40.4 Å². The molecule has 4 aliphatic rings. The molecule has 4 aliphatic carbocycles. The predicted octanol–water partition coefficient (Wildman–Crippen LogP) is 5.63. The van der Waals surface area contributed by atoms with Crippen molar-refractivity contribution in [2.45, 2.75) is 136 Å². The Hall–Kier alpha value is -0.433. The van der Waals surface area contributed by atoms with E-state index in [1.807, 2.05) is 6.92 Å². The number of aliphatic hydroxyl groups excluding tert-OH is 3. The van der Waals surface area contributed by atoms with Crippen LogP contribution in [0.5, 0.6) is 0 Å². The van der Waals surface area contributed by atoms with E-state index in [0.29, 0.717) is 36.0 Å². The third-order valence-corrected chi connectivity index (χ3v) is 13.4. The Labute approximate surface area is 220 Å². The van der Waals surface area contributed by atoms with Crippen LogP contribution >= 0.6 is 0 Å². The predicted molar refractivity (Wildman–Crippen MR) is 146 cm³/mol. The Bertz CT molecular complexity index is 797. The van der Waals surface area contributed by atoms with Gasteiger partial charge in [0, 0.05) is 14.5 Å². The monoisotopic (exact) mass is 522 g/mol. The molecule has 0 saturated heterocycles. The third kappa shape index (κ3) is 5.22. The zero-order valence-corrected chi connectivity index (χ0v) is 25.0. The minimum atomic E-state index is -1.27. The smallest absolute Gasteiger partial charge is 0.306 e. The van der Waals surface area contributed by atoms with Gasteiger partial charge in [-0.25, -0.2) is 0 Å². The molecule has 9 unspecified atom stereocenters. The first-order chi connectivity index (χ1) is 16.7. The highest BCUT2D eigenvalue weighted by atomic mass is 28.3. The van der Waals surface area contributed by atoms with Crippen LogP contribution in [0.2, 0.25) is 25.7 Å². The van der Waals surface area contributed by atoms with Gasteiger partial charge in [0.2, 0.25) is 0 Å². The van der Waals surface area contributed by atoms with Crippen LogP contribution in [0.4, 0.5) is 0 Å². The number of rotatable bonds is 7. The van der Waals surface area contributed by atoms with Crippen molar-refractivity contribution in [2.24, 2.45) is 46.3 Å². The third-order valence-electron chi connectivity index (χ3n) is 11.6. The highest BCUT2D eigenvalue weighted by Crippen LogP contribution is 2.68. The van der Waals surface area contributed by atoms with Gasteiger partial charge in [-0.2, -0.15) is 0 Å². The summed E-state index contributed by atoms with van der Waals surface area (Å²) in [5.74, 6) is 1.83. The summed E-state index contributed by atoms with van der Waals surface area (Å²) in [6, 6.07) is 0.993. The molecule has 0 aromatic heterocycles. The molecule has 36 heavy (non-hydrogen) atoms. The Morgan fingerprint density at radius 2 is 1.69 bits per heavy atom. The summed E-state index contributed by atoms with van der Waals surface area (Å²) in [5.41, 5.74) is -0.112. The summed E-state index contributed by atoms with van der Waals surface area (Å²) >= 11 is 0. The summed E-state index contributed by atoms with van der Waals surface area (Å²) in [7, 11) is -1.27. The molecule has 4 saturated carbocycles.